The molecule has 0 aliphatic heterocycles. The molecule has 0 aromatic carbocycles. The Morgan fingerprint density at radius 1 is 1.33 bits per heavy atom. The van der Waals surface area contributed by atoms with Gasteiger partial charge in [0.15, 0.2) is 0 Å². The minimum Gasteiger partial charge on any atom is -0.345 e. The average Bonchev–Trinajstić information content (AvgIpc) is 3.00. The van der Waals surface area contributed by atoms with Gasteiger partial charge in [0.1, 0.15) is 5.69 Å². The van der Waals surface area contributed by atoms with Gasteiger partial charge in [-0.3, -0.25) is 9.78 Å². The number of nitrogens with zero attached hydrogens (tertiary/aromatic N) is 4. The Morgan fingerprint density at radius 2 is 2.19 bits per heavy atom. The second-order valence-corrected chi connectivity index (χ2v) is 5.36. The summed E-state index contributed by atoms with van der Waals surface area (Å²) in [7, 11) is 0. The fraction of sp³-hybridized carbons (Fsp3) is 0.500. The molecular formula is C14H17N5O2. The van der Waals surface area contributed by atoms with Crippen molar-refractivity contribution in [1.82, 2.24) is 25.4 Å². The third-order valence-electron chi connectivity index (χ3n) is 3.84. The molecule has 3 rings (SSSR count). The predicted octanol–water partition coefficient (Wildman–Crippen LogP) is 1.84. The van der Waals surface area contributed by atoms with E-state index in [-0.39, 0.29) is 23.7 Å². The van der Waals surface area contributed by atoms with Crippen LogP contribution in [-0.2, 0) is 0 Å². The van der Waals surface area contributed by atoms with Crippen molar-refractivity contribution in [2.24, 2.45) is 5.92 Å². The molecule has 0 saturated heterocycles. The van der Waals surface area contributed by atoms with Crippen LogP contribution in [0.3, 0.4) is 0 Å². The lowest BCUT2D eigenvalue weighted by Crippen LogP contribution is -2.41. The SMILES string of the molecule is CC1CCCCC1NC(=O)c1nc(-c2cnccn2)no1. The quantitative estimate of drug-likeness (QED) is 0.925. The van der Waals surface area contributed by atoms with Gasteiger partial charge in [-0.15, -0.1) is 0 Å². The van der Waals surface area contributed by atoms with Gasteiger partial charge in [0, 0.05) is 18.4 Å². The molecule has 2 aromatic heterocycles. The van der Waals surface area contributed by atoms with E-state index in [0.29, 0.717) is 11.6 Å². The highest BCUT2D eigenvalue weighted by molar-refractivity contribution is 5.90. The summed E-state index contributed by atoms with van der Waals surface area (Å²) in [5.74, 6) is 0.389. The van der Waals surface area contributed by atoms with Gasteiger partial charge in [-0.2, -0.15) is 4.98 Å². The van der Waals surface area contributed by atoms with Crippen LogP contribution in [-0.4, -0.2) is 32.1 Å². The standard InChI is InChI=1S/C14H17N5O2/c1-9-4-2-3-5-10(9)17-13(20)14-18-12(19-21-14)11-8-15-6-7-16-11/h6-10H,2-5H2,1H3,(H,17,20). The normalized spacial score (nSPS) is 22.0. The minimum absolute atomic E-state index is 0.0339. The van der Waals surface area contributed by atoms with E-state index in [1.807, 2.05) is 0 Å². The van der Waals surface area contributed by atoms with Crippen LogP contribution in [0.2, 0.25) is 0 Å². The summed E-state index contributed by atoms with van der Waals surface area (Å²) in [6.07, 6.45) is 9.12. The van der Waals surface area contributed by atoms with E-state index in [1.165, 1.54) is 18.8 Å². The Morgan fingerprint density at radius 3 is 2.95 bits per heavy atom. The molecule has 0 radical (unpaired) electrons. The number of hydrogen-bond acceptors (Lipinski definition) is 6. The Kier molecular flexibility index (Phi) is 3.89. The zero-order valence-electron chi connectivity index (χ0n) is 11.8. The highest BCUT2D eigenvalue weighted by atomic mass is 16.5. The summed E-state index contributed by atoms with van der Waals surface area (Å²) in [6, 6.07) is 0.179. The van der Waals surface area contributed by atoms with Crippen molar-refractivity contribution in [3.8, 4) is 11.5 Å². The molecule has 1 amide bonds. The van der Waals surface area contributed by atoms with E-state index >= 15 is 0 Å². The van der Waals surface area contributed by atoms with Gasteiger partial charge in [-0.05, 0) is 18.8 Å². The third kappa shape index (κ3) is 3.07. The Bertz CT molecular complexity index is 613. The number of rotatable bonds is 3. The average molecular weight is 287 g/mol. The lowest BCUT2D eigenvalue weighted by Gasteiger charge is -2.28. The van der Waals surface area contributed by atoms with E-state index < -0.39 is 0 Å². The smallest absolute Gasteiger partial charge is 0.316 e. The second kappa shape index (κ2) is 5.99. The molecule has 1 aliphatic rings. The van der Waals surface area contributed by atoms with E-state index in [9.17, 15) is 4.79 Å². The lowest BCUT2D eigenvalue weighted by molar-refractivity contribution is 0.0865. The maximum atomic E-state index is 12.2. The molecule has 7 nitrogen and oxygen atoms in total. The molecule has 2 unspecified atom stereocenters. The van der Waals surface area contributed by atoms with Crippen LogP contribution in [0, 0.1) is 5.92 Å². The molecule has 1 fully saturated rings. The number of nitrogens with one attached hydrogen (secondary N) is 1. The summed E-state index contributed by atoms with van der Waals surface area (Å²) in [5.41, 5.74) is 0.478. The fourth-order valence-electron chi connectivity index (χ4n) is 2.60. The fourth-order valence-corrected chi connectivity index (χ4v) is 2.60. The number of carbonyl (C=O) groups excluding carboxylic acids is 1. The van der Waals surface area contributed by atoms with Crippen molar-refractivity contribution >= 4 is 5.91 Å². The van der Waals surface area contributed by atoms with Gasteiger partial charge >= 0.3 is 11.8 Å². The molecular weight excluding hydrogens is 270 g/mol. The van der Waals surface area contributed by atoms with Crippen molar-refractivity contribution in [3.05, 3.63) is 24.5 Å². The summed E-state index contributed by atoms with van der Waals surface area (Å²) in [4.78, 5) is 24.2. The largest absolute Gasteiger partial charge is 0.345 e. The molecule has 2 aromatic rings. The number of hydrogen-bond donors (Lipinski definition) is 1. The van der Waals surface area contributed by atoms with Crippen LogP contribution in [0.25, 0.3) is 11.5 Å². The molecule has 0 bridgehead atoms. The number of carbonyl (C=O) groups is 1. The zero-order chi connectivity index (χ0) is 14.7. The highest BCUT2D eigenvalue weighted by Gasteiger charge is 2.25. The van der Waals surface area contributed by atoms with Crippen molar-refractivity contribution in [1.29, 1.82) is 0 Å². The van der Waals surface area contributed by atoms with Crippen LogP contribution in [0.5, 0.6) is 0 Å². The maximum Gasteiger partial charge on any atom is 0.316 e. The molecule has 1 saturated carbocycles. The zero-order valence-corrected chi connectivity index (χ0v) is 11.8. The van der Waals surface area contributed by atoms with Crippen molar-refractivity contribution in [2.45, 2.75) is 38.6 Å². The Labute approximate surface area is 122 Å². The minimum atomic E-state index is -0.323. The number of aromatic nitrogens is 4. The first-order valence-corrected chi connectivity index (χ1v) is 7.15. The van der Waals surface area contributed by atoms with E-state index in [0.717, 1.165) is 19.3 Å². The monoisotopic (exact) mass is 287 g/mol. The number of amides is 1. The molecule has 21 heavy (non-hydrogen) atoms. The molecule has 1 N–H and O–H groups in total. The van der Waals surface area contributed by atoms with Gasteiger partial charge < -0.3 is 9.84 Å². The molecule has 2 atom stereocenters. The van der Waals surface area contributed by atoms with Gasteiger partial charge in [0.25, 0.3) is 0 Å². The van der Waals surface area contributed by atoms with Crippen molar-refractivity contribution in [3.63, 3.8) is 0 Å². The Hall–Kier alpha value is -2.31. The van der Waals surface area contributed by atoms with Gasteiger partial charge in [0.05, 0.1) is 6.20 Å². The first kappa shape index (κ1) is 13.7. The molecule has 110 valence electrons. The lowest BCUT2D eigenvalue weighted by atomic mass is 9.86. The van der Waals surface area contributed by atoms with Gasteiger partial charge in [-0.1, -0.05) is 24.9 Å². The van der Waals surface area contributed by atoms with Crippen LogP contribution >= 0.6 is 0 Å². The third-order valence-corrected chi connectivity index (χ3v) is 3.84. The summed E-state index contributed by atoms with van der Waals surface area (Å²) in [5, 5.41) is 6.75. The van der Waals surface area contributed by atoms with Crippen LogP contribution in [0.15, 0.2) is 23.1 Å². The summed E-state index contributed by atoms with van der Waals surface area (Å²) < 4.78 is 5.02. The van der Waals surface area contributed by atoms with Crippen LogP contribution < -0.4 is 5.32 Å². The van der Waals surface area contributed by atoms with E-state index in [1.54, 1.807) is 6.20 Å². The van der Waals surface area contributed by atoms with Crippen molar-refractivity contribution < 1.29 is 9.32 Å². The topological polar surface area (TPSA) is 93.8 Å². The van der Waals surface area contributed by atoms with Gasteiger partial charge in [0.2, 0.25) is 5.82 Å². The van der Waals surface area contributed by atoms with Gasteiger partial charge in [-0.25, -0.2) is 4.98 Å². The first-order valence-electron chi connectivity index (χ1n) is 7.15. The van der Waals surface area contributed by atoms with E-state index in [2.05, 4.69) is 32.3 Å². The summed E-state index contributed by atoms with van der Waals surface area (Å²) in [6.45, 7) is 2.16. The summed E-state index contributed by atoms with van der Waals surface area (Å²) >= 11 is 0. The first-order chi connectivity index (χ1) is 10.2. The maximum absolute atomic E-state index is 12.2. The highest BCUT2D eigenvalue weighted by Crippen LogP contribution is 2.24. The predicted molar refractivity (Wildman–Crippen MR) is 74.2 cm³/mol. The van der Waals surface area contributed by atoms with Crippen LogP contribution in [0.4, 0.5) is 0 Å². The molecule has 2 heterocycles. The molecule has 1 aliphatic carbocycles. The molecule has 7 heteroatoms. The van der Waals surface area contributed by atoms with Crippen molar-refractivity contribution in [2.75, 3.05) is 0 Å². The Balaban J connectivity index is 1.69. The van der Waals surface area contributed by atoms with E-state index in [4.69, 9.17) is 4.52 Å². The van der Waals surface area contributed by atoms with Crippen LogP contribution in [0.1, 0.15) is 43.3 Å². The second-order valence-electron chi connectivity index (χ2n) is 5.36. The molecule has 0 spiro atoms.